The van der Waals surface area contributed by atoms with Gasteiger partial charge in [0, 0.05) is 12.3 Å². The van der Waals surface area contributed by atoms with Crippen molar-refractivity contribution in [3.63, 3.8) is 0 Å². The van der Waals surface area contributed by atoms with E-state index in [1.54, 1.807) is 0 Å². The smallest absolute Gasteiger partial charge is 0.181 e. The van der Waals surface area contributed by atoms with E-state index in [1.807, 2.05) is 0 Å². The van der Waals surface area contributed by atoms with Gasteiger partial charge >= 0.3 is 0 Å². The Morgan fingerprint density at radius 2 is 2.75 bits per heavy atom. The fourth-order valence-corrected chi connectivity index (χ4v) is 1.08. The van der Waals surface area contributed by atoms with Crippen LogP contribution in [0.5, 0.6) is 0 Å². The molecule has 1 aliphatic carbocycles. The predicted octanol–water partition coefficient (Wildman–Crippen LogP) is 1.33. The fourth-order valence-electron chi connectivity index (χ4n) is 1.08. The molecule has 0 saturated heterocycles. The maximum absolute atomic E-state index is 5.01. The van der Waals surface area contributed by atoms with Crippen molar-refractivity contribution in [2.75, 3.05) is 0 Å². The highest BCUT2D eigenvalue weighted by Gasteiger charge is 2.26. The summed E-state index contributed by atoms with van der Waals surface area (Å²) in [5.74, 6) is 1.72. The van der Waals surface area contributed by atoms with Crippen molar-refractivity contribution in [3.05, 3.63) is 17.8 Å². The number of hydrogen-bond acceptors (Lipinski definition) is 2. The highest BCUT2D eigenvalue weighted by molar-refractivity contribution is 5.24. The minimum Gasteiger partial charge on any atom is -0.448 e. The monoisotopic (exact) mass is 109 g/mol. The first-order valence-corrected chi connectivity index (χ1v) is 2.80. The highest BCUT2D eigenvalue weighted by atomic mass is 16.3. The van der Waals surface area contributed by atoms with Crippen LogP contribution in [0.1, 0.15) is 24.3 Å². The molecule has 1 unspecified atom stereocenters. The molecule has 1 aromatic rings. The van der Waals surface area contributed by atoms with E-state index in [4.69, 9.17) is 4.42 Å². The molecule has 0 aliphatic heterocycles. The lowest BCUT2D eigenvalue weighted by molar-refractivity contribution is 0.450. The van der Waals surface area contributed by atoms with E-state index >= 15 is 0 Å². The van der Waals surface area contributed by atoms with Crippen molar-refractivity contribution < 1.29 is 4.42 Å². The van der Waals surface area contributed by atoms with Gasteiger partial charge in [0.25, 0.3) is 0 Å². The summed E-state index contributed by atoms with van der Waals surface area (Å²) in [6, 6.07) is 0. The molecule has 0 N–H and O–H groups in total. The van der Waals surface area contributed by atoms with Crippen molar-refractivity contribution in [2.45, 2.75) is 19.3 Å². The number of nitrogens with zero attached hydrogens (tertiary/aromatic N) is 1. The van der Waals surface area contributed by atoms with Gasteiger partial charge in [-0.05, 0) is 0 Å². The van der Waals surface area contributed by atoms with Gasteiger partial charge in [-0.2, -0.15) is 0 Å². The van der Waals surface area contributed by atoms with Gasteiger partial charge in [-0.25, -0.2) is 4.98 Å². The van der Waals surface area contributed by atoms with E-state index in [-0.39, 0.29) is 0 Å². The summed E-state index contributed by atoms with van der Waals surface area (Å²) in [4.78, 5) is 4.02. The van der Waals surface area contributed by atoms with E-state index in [2.05, 4.69) is 11.9 Å². The van der Waals surface area contributed by atoms with Crippen molar-refractivity contribution >= 4 is 0 Å². The number of fused-ring (bicyclic) bond motifs is 1. The minimum atomic E-state index is 0.642. The molecule has 0 spiro atoms. The second kappa shape index (κ2) is 1.13. The van der Waals surface area contributed by atoms with Crippen LogP contribution in [0.25, 0.3) is 0 Å². The first kappa shape index (κ1) is 4.13. The molecule has 2 rings (SSSR count). The molecular formula is C6H7NO. The van der Waals surface area contributed by atoms with Crippen molar-refractivity contribution in [3.8, 4) is 0 Å². The molecule has 1 aliphatic rings. The largest absolute Gasteiger partial charge is 0.448 e. The summed E-state index contributed by atoms with van der Waals surface area (Å²) >= 11 is 0. The summed E-state index contributed by atoms with van der Waals surface area (Å²) in [5, 5.41) is 0. The standard InChI is InChI=1S/C6H7NO/c1-4-2-5-6(4)7-3-8-5/h3-4H,2H2,1H3. The third-order valence-electron chi connectivity index (χ3n) is 1.63. The lowest BCUT2D eigenvalue weighted by atomic mass is 9.89. The van der Waals surface area contributed by atoms with Crippen LogP contribution < -0.4 is 0 Å². The van der Waals surface area contributed by atoms with E-state index in [0.29, 0.717) is 5.92 Å². The second-order valence-corrected chi connectivity index (χ2v) is 2.27. The van der Waals surface area contributed by atoms with Crippen molar-refractivity contribution in [1.29, 1.82) is 0 Å². The predicted molar refractivity (Wildman–Crippen MR) is 28.6 cm³/mol. The molecule has 0 amide bonds. The molecule has 0 bridgehead atoms. The maximum atomic E-state index is 5.01. The topological polar surface area (TPSA) is 26.0 Å². The Morgan fingerprint density at radius 1 is 1.88 bits per heavy atom. The molecule has 1 heterocycles. The maximum Gasteiger partial charge on any atom is 0.181 e. The molecule has 8 heavy (non-hydrogen) atoms. The third-order valence-corrected chi connectivity index (χ3v) is 1.63. The van der Waals surface area contributed by atoms with Crippen LogP contribution in [0.15, 0.2) is 10.8 Å². The van der Waals surface area contributed by atoms with Crippen LogP contribution in [0.3, 0.4) is 0 Å². The third kappa shape index (κ3) is 0.312. The molecule has 2 nitrogen and oxygen atoms in total. The minimum absolute atomic E-state index is 0.642. The van der Waals surface area contributed by atoms with Crippen molar-refractivity contribution in [2.24, 2.45) is 0 Å². The van der Waals surface area contributed by atoms with Crippen LogP contribution in [-0.4, -0.2) is 4.98 Å². The lowest BCUT2D eigenvalue weighted by Gasteiger charge is -2.16. The Labute approximate surface area is 47.5 Å². The van der Waals surface area contributed by atoms with Gasteiger partial charge in [0.2, 0.25) is 0 Å². The summed E-state index contributed by atoms with van der Waals surface area (Å²) in [7, 11) is 0. The average molecular weight is 109 g/mol. The Hall–Kier alpha value is -0.790. The zero-order valence-electron chi connectivity index (χ0n) is 4.72. The quantitative estimate of drug-likeness (QED) is 0.502. The molecule has 0 saturated carbocycles. The normalized spacial score (nSPS) is 24.4. The van der Waals surface area contributed by atoms with Gasteiger partial charge < -0.3 is 4.42 Å². The van der Waals surface area contributed by atoms with Gasteiger partial charge in [0.05, 0.1) is 5.69 Å². The first-order chi connectivity index (χ1) is 3.88. The summed E-state index contributed by atoms with van der Waals surface area (Å²) < 4.78 is 5.01. The summed E-state index contributed by atoms with van der Waals surface area (Å²) in [5.41, 5.74) is 1.16. The zero-order chi connectivity index (χ0) is 5.56. The van der Waals surface area contributed by atoms with Gasteiger partial charge in [0.15, 0.2) is 6.39 Å². The zero-order valence-corrected chi connectivity index (χ0v) is 4.72. The average Bonchev–Trinajstić information content (AvgIpc) is 2.09. The van der Waals surface area contributed by atoms with Crippen LogP contribution in [0.2, 0.25) is 0 Å². The number of rotatable bonds is 0. The Kier molecular flexibility index (Phi) is 0.583. The lowest BCUT2D eigenvalue weighted by Crippen LogP contribution is -2.11. The van der Waals surface area contributed by atoms with Crippen molar-refractivity contribution in [1.82, 2.24) is 4.98 Å². The Morgan fingerprint density at radius 3 is 3.25 bits per heavy atom. The first-order valence-electron chi connectivity index (χ1n) is 2.80. The molecule has 2 heteroatoms. The van der Waals surface area contributed by atoms with Crippen LogP contribution in [0.4, 0.5) is 0 Å². The van der Waals surface area contributed by atoms with Crippen LogP contribution in [0, 0.1) is 0 Å². The SMILES string of the molecule is CC1Cc2ocnc21. The van der Waals surface area contributed by atoms with Gasteiger partial charge in [-0.1, -0.05) is 6.92 Å². The van der Waals surface area contributed by atoms with E-state index in [0.717, 1.165) is 17.9 Å². The van der Waals surface area contributed by atoms with Crippen LogP contribution >= 0.6 is 0 Å². The van der Waals surface area contributed by atoms with Gasteiger partial charge in [-0.15, -0.1) is 0 Å². The van der Waals surface area contributed by atoms with E-state index in [9.17, 15) is 0 Å². The van der Waals surface area contributed by atoms with Crippen LogP contribution in [-0.2, 0) is 6.42 Å². The fraction of sp³-hybridized carbons (Fsp3) is 0.500. The molecule has 0 radical (unpaired) electrons. The van der Waals surface area contributed by atoms with E-state index in [1.165, 1.54) is 6.39 Å². The number of hydrogen-bond donors (Lipinski definition) is 0. The van der Waals surface area contributed by atoms with Gasteiger partial charge in [-0.3, -0.25) is 0 Å². The Balaban J connectivity index is 2.53. The molecule has 1 aromatic heterocycles. The number of oxazole rings is 1. The molecule has 0 aromatic carbocycles. The van der Waals surface area contributed by atoms with Gasteiger partial charge in [0.1, 0.15) is 5.76 Å². The molecular weight excluding hydrogens is 102 g/mol. The molecule has 42 valence electrons. The number of aromatic nitrogens is 1. The second-order valence-electron chi connectivity index (χ2n) is 2.27. The Bertz CT molecular complexity index is 204. The summed E-state index contributed by atoms with van der Waals surface area (Å²) in [6.07, 6.45) is 2.60. The molecule has 1 atom stereocenters. The molecule has 0 fully saturated rings. The summed E-state index contributed by atoms with van der Waals surface area (Å²) in [6.45, 7) is 2.16. The van der Waals surface area contributed by atoms with E-state index < -0.39 is 0 Å². The highest BCUT2D eigenvalue weighted by Crippen LogP contribution is 2.32.